The van der Waals surface area contributed by atoms with Gasteiger partial charge in [-0.3, -0.25) is 18.7 Å². The van der Waals surface area contributed by atoms with E-state index in [2.05, 4.69) is 31.0 Å². The van der Waals surface area contributed by atoms with Crippen molar-refractivity contribution in [2.75, 3.05) is 25.0 Å². The van der Waals surface area contributed by atoms with Crippen molar-refractivity contribution in [3.05, 3.63) is 59.8 Å². The third-order valence-corrected chi connectivity index (χ3v) is 6.11. The van der Waals surface area contributed by atoms with Crippen molar-refractivity contribution in [1.29, 1.82) is 5.26 Å². The van der Waals surface area contributed by atoms with E-state index in [4.69, 9.17) is 11.0 Å². The molecular weight excluding hydrogens is 565 g/mol. The summed E-state index contributed by atoms with van der Waals surface area (Å²) in [6.07, 6.45) is 1.73. The molecule has 4 rings (SSSR count). The summed E-state index contributed by atoms with van der Waals surface area (Å²) >= 11 is 0. The number of amides is 2. The number of carbonyl (C=O) groups excluding carboxylic acids is 2. The van der Waals surface area contributed by atoms with Gasteiger partial charge in [-0.1, -0.05) is 20.8 Å². The lowest BCUT2D eigenvalue weighted by atomic mass is 10.0. The number of carbonyl (C=O) groups is 2. The maximum absolute atomic E-state index is 13.7. The summed E-state index contributed by atoms with van der Waals surface area (Å²) in [5.41, 5.74) is 6.16. The van der Waals surface area contributed by atoms with Crippen LogP contribution >= 0.6 is 0 Å². The van der Waals surface area contributed by atoms with Crippen LogP contribution < -0.4 is 21.7 Å². The number of fused-ring (bicyclic) bond motifs is 1. The molecule has 0 unspecified atom stereocenters. The number of rotatable bonds is 11. The van der Waals surface area contributed by atoms with Crippen LogP contribution in [0.2, 0.25) is 0 Å². The number of aryl methyl sites for hydroxylation is 1. The van der Waals surface area contributed by atoms with Crippen LogP contribution in [0, 0.1) is 11.3 Å². The number of nitrogens with zero attached hydrogens (tertiary/aromatic N) is 6. The van der Waals surface area contributed by atoms with Crippen molar-refractivity contribution in [1.82, 2.24) is 34.8 Å². The predicted molar refractivity (Wildman–Crippen MR) is 154 cm³/mol. The SMILES string of the molecule is CC.CCc1cc(Nc2nccn3c(-c4cn(CC#N)nc4C(F)(F)F)cnc23)ccc1C(=O)NCCCNC(=O)CN. The van der Waals surface area contributed by atoms with Crippen LogP contribution in [0.1, 0.15) is 48.8 Å². The monoisotopic (exact) mass is 598 g/mol. The molecule has 12 nitrogen and oxygen atoms in total. The molecule has 0 aliphatic rings. The largest absolute Gasteiger partial charge is 0.435 e. The maximum atomic E-state index is 13.7. The molecule has 4 aromatic rings. The zero-order valence-electron chi connectivity index (χ0n) is 24.0. The van der Waals surface area contributed by atoms with Crippen LogP contribution in [0.25, 0.3) is 16.9 Å². The standard InChI is InChI=1S/C26H27F3N10O2.C2H6/c1-2-16-12-17(4-5-18(16)25(41)34-8-3-7-32-21(40)13-31)36-23-24-35-14-20(39(24)11-9-33-23)19-15-38(10-6-30)37-22(19)26(27,28)29;1-2/h4-5,9,11-12,14-15H,2-3,7-8,10,13,31H2,1H3,(H,32,40)(H,33,36)(H,34,41);1-2H3. The lowest BCUT2D eigenvalue weighted by molar-refractivity contribution is -0.141. The summed E-state index contributed by atoms with van der Waals surface area (Å²) in [7, 11) is 0. The number of nitrogens with one attached hydrogen (secondary N) is 3. The Morgan fingerprint density at radius 3 is 2.56 bits per heavy atom. The number of nitriles is 1. The Morgan fingerprint density at radius 1 is 1.14 bits per heavy atom. The average Bonchev–Trinajstić information content (AvgIpc) is 3.63. The third kappa shape index (κ3) is 7.86. The molecule has 0 bridgehead atoms. The van der Waals surface area contributed by atoms with E-state index in [1.807, 2.05) is 20.8 Å². The molecule has 15 heteroatoms. The van der Waals surface area contributed by atoms with Gasteiger partial charge in [-0.05, 0) is 36.6 Å². The number of benzene rings is 1. The highest BCUT2D eigenvalue weighted by Crippen LogP contribution is 2.37. The van der Waals surface area contributed by atoms with Crippen molar-refractivity contribution in [2.45, 2.75) is 46.3 Å². The van der Waals surface area contributed by atoms with Crippen molar-refractivity contribution in [3.8, 4) is 17.3 Å². The molecule has 5 N–H and O–H groups in total. The highest BCUT2D eigenvalue weighted by Gasteiger charge is 2.38. The third-order valence-electron chi connectivity index (χ3n) is 6.11. The van der Waals surface area contributed by atoms with Crippen molar-refractivity contribution in [3.63, 3.8) is 0 Å². The fourth-order valence-electron chi connectivity index (χ4n) is 4.19. The number of alkyl halides is 3. The Labute approximate surface area is 246 Å². The van der Waals surface area contributed by atoms with E-state index < -0.39 is 11.9 Å². The molecule has 3 aromatic heterocycles. The second kappa shape index (κ2) is 14.8. The van der Waals surface area contributed by atoms with Crippen LogP contribution in [0.4, 0.5) is 24.7 Å². The van der Waals surface area contributed by atoms with Crippen molar-refractivity contribution in [2.24, 2.45) is 5.73 Å². The molecule has 0 fully saturated rings. The minimum Gasteiger partial charge on any atom is -0.355 e. The summed E-state index contributed by atoms with van der Waals surface area (Å²) in [5, 5.41) is 21.1. The van der Waals surface area contributed by atoms with E-state index in [-0.39, 0.29) is 47.6 Å². The molecule has 0 saturated carbocycles. The number of hydrogen-bond donors (Lipinski definition) is 4. The lowest BCUT2D eigenvalue weighted by Crippen LogP contribution is -2.33. The minimum atomic E-state index is -4.74. The first kappa shape index (κ1) is 32.5. The van der Waals surface area contributed by atoms with Gasteiger partial charge in [-0.15, -0.1) is 0 Å². The van der Waals surface area contributed by atoms with Crippen LogP contribution in [0.3, 0.4) is 0 Å². The molecule has 0 atom stereocenters. The van der Waals surface area contributed by atoms with Gasteiger partial charge in [-0.25, -0.2) is 9.97 Å². The maximum Gasteiger partial charge on any atom is 0.435 e. The Morgan fingerprint density at radius 2 is 1.88 bits per heavy atom. The summed E-state index contributed by atoms with van der Waals surface area (Å²) in [6, 6.07) is 6.94. The molecule has 0 aliphatic carbocycles. The Balaban J connectivity index is 0.00000248. The molecule has 0 radical (unpaired) electrons. The van der Waals surface area contributed by atoms with E-state index in [0.29, 0.717) is 37.2 Å². The van der Waals surface area contributed by atoms with Gasteiger partial charge >= 0.3 is 6.18 Å². The number of anilines is 2. The topological polar surface area (TPSA) is 168 Å². The minimum absolute atomic E-state index is 0.0909. The molecular formula is C28H33F3N10O2. The number of halogens is 3. The summed E-state index contributed by atoms with van der Waals surface area (Å²) in [5.74, 6) is -0.230. The van der Waals surface area contributed by atoms with Crippen LogP contribution in [0.5, 0.6) is 0 Å². The quantitative estimate of drug-likeness (QED) is 0.190. The smallest absolute Gasteiger partial charge is 0.355 e. The van der Waals surface area contributed by atoms with Gasteiger partial charge < -0.3 is 21.7 Å². The molecule has 2 amide bonds. The molecule has 3 heterocycles. The second-order valence-corrected chi connectivity index (χ2v) is 8.87. The van der Waals surface area contributed by atoms with Crippen LogP contribution in [0.15, 0.2) is 43.0 Å². The number of hydrogen-bond acceptors (Lipinski definition) is 8. The van der Waals surface area contributed by atoms with Crippen LogP contribution in [-0.2, 0) is 23.9 Å². The highest BCUT2D eigenvalue weighted by atomic mass is 19.4. The van der Waals surface area contributed by atoms with E-state index in [9.17, 15) is 22.8 Å². The van der Waals surface area contributed by atoms with E-state index in [1.165, 1.54) is 23.0 Å². The molecule has 0 saturated heterocycles. The van der Waals surface area contributed by atoms with Gasteiger partial charge in [-0.2, -0.15) is 23.5 Å². The molecule has 1 aromatic carbocycles. The van der Waals surface area contributed by atoms with Gasteiger partial charge in [0.2, 0.25) is 5.91 Å². The zero-order valence-corrected chi connectivity index (χ0v) is 24.0. The van der Waals surface area contributed by atoms with Gasteiger partial charge in [0.25, 0.3) is 5.91 Å². The molecule has 0 aliphatic heterocycles. The van der Waals surface area contributed by atoms with E-state index >= 15 is 0 Å². The van der Waals surface area contributed by atoms with Gasteiger partial charge in [0, 0.05) is 42.9 Å². The Bertz CT molecular complexity index is 1600. The molecule has 43 heavy (non-hydrogen) atoms. The first-order valence-electron chi connectivity index (χ1n) is 13.6. The number of aromatic nitrogens is 5. The summed E-state index contributed by atoms with van der Waals surface area (Å²) in [4.78, 5) is 32.5. The highest BCUT2D eigenvalue weighted by molar-refractivity contribution is 5.96. The van der Waals surface area contributed by atoms with Crippen molar-refractivity contribution >= 4 is 29.0 Å². The fourth-order valence-corrected chi connectivity index (χ4v) is 4.19. The Kier molecular flexibility index (Phi) is 11.2. The van der Waals surface area contributed by atoms with Gasteiger partial charge in [0.1, 0.15) is 6.54 Å². The van der Waals surface area contributed by atoms with Crippen LogP contribution in [-0.4, -0.2) is 55.6 Å². The van der Waals surface area contributed by atoms with Crippen molar-refractivity contribution < 1.29 is 22.8 Å². The molecule has 228 valence electrons. The van der Waals surface area contributed by atoms with Gasteiger partial charge in [0.05, 0.1) is 30.1 Å². The fraction of sp³-hybridized carbons (Fsp3) is 0.357. The lowest BCUT2D eigenvalue weighted by Gasteiger charge is -2.13. The summed E-state index contributed by atoms with van der Waals surface area (Å²) < 4.78 is 43.5. The van der Waals surface area contributed by atoms with E-state index in [0.717, 1.165) is 16.4 Å². The normalized spacial score (nSPS) is 10.9. The number of imidazole rings is 1. The summed E-state index contributed by atoms with van der Waals surface area (Å²) in [6.45, 7) is 6.24. The Hall–Kier alpha value is -4.97. The second-order valence-electron chi connectivity index (χ2n) is 8.87. The predicted octanol–water partition coefficient (Wildman–Crippen LogP) is 3.66. The first-order valence-corrected chi connectivity index (χ1v) is 13.6. The molecule has 0 spiro atoms. The zero-order chi connectivity index (χ0) is 31.6. The van der Waals surface area contributed by atoms with E-state index in [1.54, 1.807) is 24.3 Å². The average molecular weight is 599 g/mol. The number of nitrogens with two attached hydrogens (primary N) is 1. The van der Waals surface area contributed by atoms with Gasteiger partial charge in [0.15, 0.2) is 17.2 Å². The first-order chi connectivity index (χ1) is 20.7.